The largest absolute Gasteiger partial charge is 0.393 e. The van der Waals surface area contributed by atoms with Gasteiger partial charge in [0, 0.05) is 30.1 Å². The van der Waals surface area contributed by atoms with Crippen LogP contribution in [0.5, 0.6) is 0 Å². The van der Waals surface area contributed by atoms with Gasteiger partial charge in [0.2, 0.25) is 0 Å². The fraction of sp³-hybridized carbons (Fsp3) is 0.963. The summed E-state index contributed by atoms with van der Waals surface area (Å²) in [5.74, 6) is 3.45. The molecule has 1 N–H and O–H groups in total. The molecule has 12 atom stereocenters. The third-order valence-corrected chi connectivity index (χ3v) is 11.8. The van der Waals surface area contributed by atoms with Crippen molar-refractivity contribution in [3.05, 3.63) is 0 Å². The number of hydrogen-bond donors (Lipinski definition) is 1. The molecule has 174 valence electrons. The van der Waals surface area contributed by atoms with Crippen molar-refractivity contribution < 1.29 is 19.4 Å². The van der Waals surface area contributed by atoms with Gasteiger partial charge in [-0.25, -0.2) is 0 Å². The van der Waals surface area contributed by atoms with E-state index in [1.54, 1.807) is 0 Å². The van der Waals surface area contributed by atoms with Crippen LogP contribution in [0, 0.1) is 52.3 Å². The van der Waals surface area contributed by atoms with E-state index in [1.165, 1.54) is 12.8 Å². The van der Waals surface area contributed by atoms with Gasteiger partial charge in [0.1, 0.15) is 5.78 Å². The van der Waals surface area contributed by atoms with E-state index >= 15 is 0 Å². The lowest BCUT2D eigenvalue weighted by Crippen LogP contribution is -2.58. The number of fused-ring (bicyclic) bond motifs is 7. The van der Waals surface area contributed by atoms with Crippen LogP contribution in [0.2, 0.25) is 0 Å². The minimum absolute atomic E-state index is 0.131. The van der Waals surface area contributed by atoms with E-state index in [2.05, 4.69) is 27.7 Å². The fourth-order valence-corrected chi connectivity index (χ4v) is 9.93. The summed E-state index contributed by atoms with van der Waals surface area (Å²) in [5.41, 5.74) is -0.0221. The monoisotopic (exact) mass is 430 g/mol. The molecule has 2 heterocycles. The maximum atomic E-state index is 14.0. The van der Waals surface area contributed by atoms with Gasteiger partial charge in [-0.1, -0.05) is 27.7 Å². The first-order chi connectivity index (χ1) is 14.7. The van der Waals surface area contributed by atoms with Crippen molar-refractivity contribution in [2.75, 3.05) is 6.61 Å². The Bertz CT molecular complexity index is 756. The van der Waals surface area contributed by atoms with Gasteiger partial charge in [0.05, 0.1) is 18.8 Å². The zero-order chi connectivity index (χ0) is 21.8. The van der Waals surface area contributed by atoms with E-state index in [0.717, 1.165) is 51.6 Å². The predicted molar refractivity (Wildman–Crippen MR) is 118 cm³/mol. The maximum Gasteiger partial charge on any atom is 0.171 e. The highest BCUT2D eigenvalue weighted by Crippen LogP contribution is 2.70. The number of carbonyl (C=O) groups excluding carboxylic acids is 1. The van der Waals surface area contributed by atoms with Crippen molar-refractivity contribution in [3.63, 3.8) is 0 Å². The first-order valence-corrected chi connectivity index (χ1v) is 13.2. The highest BCUT2D eigenvalue weighted by atomic mass is 16.7. The van der Waals surface area contributed by atoms with Crippen LogP contribution >= 0.6 is 0 Å². The van der Waals surface area contributed by atoms with E-state index in [4.69, 9.17) is 9.47 Å². The van der Waals surface area contributed by atoms with Gasteiger partial charge in [0.25, 0.3) is 0 Å². The molecule has 0 aromatic heterocycles. The lowest BCUT2D eigenvalue weighted by atomic mass is 9.44. The molecule has 0 amide bonds. The summed E-state index contributed by atoms with van der Waals surface area (Å²) in [7, 11) is 0. The van der Waals surface area contributed by atoms with Crippen LogP contribution < -0.4 is 0 Å². The van der Waals surface area contributed by atoms with Gasteiger partial charge in [-0.05, 0) is 80.0 Å². The molecule has 0 aromatic rings. The minimum atomic E-state index is -0.448. The van der Waals surface area contributed by atoms with Gasteiger partial charge < -0.3 is 14.6 Å². The maximum absolute atomic E-state index is 14.0. The Kier molecular flexibility index (Phi) is 4.62. The smallest absolute Gasteiger partial charge is 0.171 e. The molecule has 0 radical (unpaired) electrons. The Labute approximate surface area is 187 Å². The van der Waals surface area contributed by atoms with Crippen molar-refractivity contribution in [1.82, 2.24) is 0 Å². The van der Waals surface area contributed by atoms with Crippen LogP contribution in [0.4, 0.5) is 0 Å². The van der Waals surface area contributed by atoms with E-state index in [9.17, 15) is 9.90 Å². The van der Waals surface area contributed by atoms with Crippen molar-refractivity contribution >= 4 is 5.78 Å². The number of rotatable bonds is 0. The molecule has 2 aliphatic heterocycles. The van der Waals surface area contributed by atoms with E-state index < -0.39 is 5.79 Å². The lowest BCUT2D eigenvalue weighted by Gasteiger charge is -2.60. The van der Waals surface area contributed by atoms with Gasteiger partial charge >= 0.3 is 0 Å². The Morgan fingerprint density at radius 3 is 2.55 bits per heavy atom. The summed E-state index contributed by atoms with van der Waals surface area (Å²) >= 11 is 0. The molecule has 4 saturated carbocycles. The summed E-state index contributed by atoms with van der Waals surface area (Å²) in [6.45, 7) is 10.1. The fourth-order valence-electron chi connectivity index (χ4n) is 9.93. The highest BCUT2D eigenvalue weighted by Gasteiger charge is 2.71. The number of carbonyl (C=O) groups is 1. The highest BCUT2D eigenvalue weighted by molar-refractivity contribution is 5.87. The molecule has 1 spiro atoms. The molecule has 31 heavy (non-hydrogen) atoms. The molecule has 4 heteroatoms. The Hall–Kier alpha value is -0.450. The second-order valence-corrected chi connectivity index (χ2v) is 13.0. The first-order valence-electron chi connectivity index (χ1n) is 13.2. The van der Waals surface area contributed by atoms with E-state index in [-0.39, 0.29) is 29.0 Å². The van der Waals surface area contributed by atoms with E-state index in [0.29, 0.717) is 41.3 Å². The summed E-state index contributed by atoms with van der Waals surface area (Å²) in [5, 5.41) is 10.3. The van der Waals surface area contributed by atoms with Crippen LogP contribution in [-0.2, 0) is 14.3 Å². The molecule has 6 aliphatic rings. The van der Waals surface area contributed by atoms with Gasteiger partial charge in [-0.2, -0.15) is 0 Å². The number of aliphatic hydroxyl groups is 1. The average molecular weight is 431 g/mol. The number of aliphatic hydroxyl groups excluding tert-OH is 1. The van der Waals surface area contributed by atoms with Crippen molar-refractivity contribution in [2.45, 2.75) is 103 Å². The van der Waals surface area contributed by atoms with Crippen molar-refractivity contribution in [1.29, 1.82) is 0 Å². The lowest BCUT2D eigenvalue weighted by molar-refractivity contribution is -0.272. The number of Topliss-reactive ketones (excluding diaryl/α,β-unsaturated/α-hetero) is 1. The van der Waals surface area contributed by atoms with Gasteiger partial charge in [-0.3, -0.25) is 4.79 Å². The van der Waals surface area contributed by atoms with Crippen LogP contribution in [0.1, 0.15) is 85.5 Å². The summed E-state index contributed by atoms with van der Waals surface area (Å²) in [4.78, 5) is 14.0. The van der Waals surface area contributed by atoms with Crippen LogP contribution in [0.3, 0.4) is 0 Å². The third kappa shape index (κ3) is 2.68. The van der Waals surface area contributed by atoms with Crippen molar-refractivity contribution in [2.24, 2.45) is 52.3 Å². The van der Waals surface area contributed by atoms with Crippen LogP contribution in [-0.4, -0.2) is 35.5 Å². The predicted octanol–water partition coefficient (Wildman–Crippen LogP) is 4.97. The Morgan fingerprint density at radius 1 is 1.00 bits per heavy atom. The molecule has 0 unspecified atom stereocenters. The standard InChI is InChI=1S/C27H42O4/c1-15-7-10-27(30-14-15)16(2)24-22(31-27)12-21-19-6-5-17-11-18(28)8-9-25(17,3)20(19)13-23(29)26(21,24)4/h15-22,24,28H,5-14H2,1-4H3/t15-,16-,17-,18-,19+,20+,21+,22-,24-,25-,26+,27+/m0/s1. The first kappa shape index (κ1) is 21.1. The molecule has 4 nitrogen and oxygen atoms in total. The molecular weight excluding hydrogens is 388 g/mol. The quantitative estimate of drug-likeness (QED) is 0.589. The minimum Gasteiger partial charge on any atom is -0.393 e. The van der Waals surface area contributed by atoms with Gasteiger partial charge in [-0.15, -0.1) is 0 Å². The molecule has 2 saturated heterocycles. The summed E-state index contributed by atoms with van der Waals surface area (Å²) in [6, 6.07) is 0. The average Bonchev–Trinajstić information content (AvgIpc) is 3.18. The Morgan fingerprint density at radius 2 is 1.81 bits per heavy atom. The number of ether oxygens (including phenoxy) is 2. The topological polar surface area (TPSA) is 55.8 Å². The van der Waals surface area contributed by atoms with E-state index in [1.807, 2.05) is 0 Å². The SMILES string of the molecule is C[C@H]1CC[C@@]2(OC1)O[C@H]1C[C@@H]3[C@@H]4CC[C@H]5C[C@@H](O)CC[C@]5(C)[C@@H]4CC(=O)[C@]3(C)[C@H]1[C@@H]2C. The zero-order valence-electron chi connectivity index (χ0n) is 19.9. The van der Waals surface area contributed by atoms with Crippen LogP contribution in [0.25, 0.3) is 0 Å². The summed E-state index contributed by atoms with van der Waals surface area (Å²) < 4.78 is 13.2. The molecule has 0 aromatic carbocycles. The van der Waals surface area contributed by atoms with Crippen LogP contribution in [0.15, 0.2) is 0 Å². The molecular formula is C27H42O4. The molecule has 0 bridgehead atoms. The summed E-state index contributed by atoms with van der Waals surface area (Å²) in [6.07, 6.45) is 9.39. The molecule has 6 fully saturated rings. The Balaban J connectivity index is 1.30. The van der Waals surface area contributed by atoms with Gasteiger partial charge in [0.15, 0.2) is 5.79 Å². The third-order valence-electron chi connectivity index (χ3n) is 11.8. The molecule has 6 rings (SSSR count). The zero-order valence-corrected chi connectivity index (χ0v) is 19.9. The number of hydrogen-bond acceptors (Lipinski definition) is 4. The second-order valence-electron chi connectivity index (χ2n) is 13.0. The molecule has 4 aliphatic carbocycles. The second kappa shape index (κ2) is 6.79. The van der Waals surface area contributed by atoms with Crippen molar-refractivity contribution in [3.8, 4) is 0 Å². The number of ketones is 1. The normalized spacial score (nSPS) is 60.9.